The lowest BCUT2D eigenvalue weighted by Gasteiger charge is -2.34. The van der Waals surface area contributed by atoms with Gasteiger partial charge in [0.2, 0.25) is 0 Å². The van der Waals surface area contributed by atoms with Gasteiger partial charge in [0, 0.05) is 22.9 Å². The number of rotatable bonds is 7. The Labute approximate surface area is 324 Å². The highest BCUT2D eigenvalue weighted by Crippen LogP contribution is 2.59. The number of pyridine rings is 1. The van der Waals surface area contributed by atoms with Crippen LogP contribution in [0.15, 0.2) is 195 Å². The molecular formula is C54H41N. The second-order valence-electron chi connectivity index (χ2n) is 15.4. The number of aromatic nitrogens is 1. The monoisotopic (exact) mass is 703 g/mol. The van der Waals surface area contributed by atoms with Crippen LogP contribution in [0.25, 0.3) is 55.4 Å². The van der Waals surface area contributed by atoms with Crippen molar-refractivity contribution in [3.63, 3.8) is 0 Å². The van der Waals surface area contributed by atoms with Gasteiger partial charge in [-0.2, -0.15) is 0 Å². The van der Waals surface area contributed by atoms with Gasteiger partial charge in [-0.15, -0.1) is 0 Å². The molecule has 7 aromatic carbocycles. The molecule has 0 radical (unpaired) electrons. The summed E-state index contributed by atoms with van der Waals surface area (Å²) in [4.78, 5) is 5.00. The third-order valence-corrected chi connectivity index (χ3v) is 12.1. The van der Waals surface area contributed by atoms with Crippen molar-refractivity contribution >= 4 is 10.9 Å². The van der Waals surface area contributed by atoms with Gasteiger partial charge in [0.05, 0.1) is 10.9 Å². The van der Waals surface area contributed by atoms with E-state index in [1.807, 2.05) is 12.2 Å². The van der Waals surface area contributed by atoms with E-state index in [9.17, 15) is 0 Å². The maximum atomic E-state index is 5.00. The van der Waals surface area contributed by atoms with E-state index in [-0.39, 0.29) is 5.41 Å². The molecule has 0 aliphatic heterocycles. The maximum absolute atomic E-state index is 5.00. The molecule has 2 aliphatic carbocycles. The van der Waals surface area contributed by atoms with Gasteiger partial charge < -0.3 is 0 Å². The zero-order valence-corrected chi connectivity index (χ0v) is 31.3. The predicted octanol–water partition coefficient (Wildman–Crippen LogP) is 13.5. The van der Waals surface area contributed by atoms with E-state index in [4.69, 9.17) is 4.98 Å². The smallest absolute Gasteiger partial charge is 0.0713 e. The number of benzene rings is 7. The van der Waals surface area contributed by atoms with Crippen LogP contribution in [0.5, 0.6) is 0 Å². The molecule has 1 aromatic heterocycles. The molecule has 0 N–H and O–H groups in total. The van der Waals surface area contributed by atoms with Crippen molar-refractivity contribution in [2.75, 3.05) is 0 Å². The first-order valence-corrected chi connectivity index (χ1v) is 19.3. The van der Waals surface area contributed by atoms with E-state index in [0.717, 1.165) is 17.6 Å². The molecule has 0 amide bonds. The highest BCUT2D eigenvalue weighted by atomic mass is 14.7. The molecule has 262 valence electrons. The number of nitrogens with zero attached hydrogens (tertiary/aromatic N) is 1. The molecule has 0 saturated heterocycles. The fourth-order valence-corrected chi connectivity index (χ4v) is 9.66. The van der Waals surface area contributed by atoms with E-state index < -0.39 is 5.41 Å². The van der Waals surface area contributed by atoms with Gasteiger partial charge >= 0.3 is 0 Å². The van der Waals surface area contributed by atoms with Gasteiger partial charge in [0.25, 0.3) is 0 Å². The lowest BCUT2D eigenvalue weighted by molar-refractivity contribution is 0.661. The van der Waals surface area contributed by atoms with Crippen LogP contribution in [-0.2, 0) is 17.3 Å². The number of hydrogen-bond acceptors (Lipinski definition) is 1. The minimum absolute atomic E-state index is 0.192. The zero-order valence-electron chi connectivity index (χ0n) is 31.3. The molecule has 0 unspecified atom stereocenters. The minimum Gasteiger partial charge on any atom is -0.252 e. The highest BCUT2D eigenvalue weighted by Gasteiger charge is 2.47. The van der Waals surface area contributed by atoms with Crippen LogP contribution in [0.2, 0.25) is 0 Å². The lowest BCUT2D eigenvalue weighted by Crippen LogP contribution is -2.28. The molecule has 55 heavy (non-hydrogen) atoms. The minimum atomic E-state index is -0.425. The molecule has 0 spiro atoms. The average Bonchev–Trinajstić information content (AvgIpc) is 3.66. The van der Waals surface area contributed by atoms with Crippen LogP contribution >= 0.6 is 0 Å². The fourth-order valence-electron chi connectivity index (χ4n) is 9.66. The van der Waals surface area contributed by atoms with Gasteiger partial charge in [-0.3, -0.25) is 4.98 Å². The summed E-state index contributed by atoms with van der Waals surface area (Å²) in [7, 11) is 0. The quantitative estimate of drug-likeness (QED) is 0.151. The summed E-state index contributed by atoms with van der Waals surface area (Å²) in [6.07, 6.45) is 6.70. The second kappa shape index (κ2) is 12.8. The molecule has 1 heterocycles. The second-order valence-corrected chi connectivity index (χ2v) is 15.4. The number of allylic oxidation sites excluding steroid dienone is 3. The standard InChI is InChI=1S/C54H41N/c1-4-5-8-22-40-35-46(44-23-14-16-28-51(44)55-40)37-30-32-43-42-31-29-36(33-49(42)53(2,3)50(43)34-37)41-25-17-27-48-52(41)45-24-13-15-26-47(45)54(48,38-18-9-6-10-19-38)39-20-11-7-12-21-39/h4-21,23-35H,1,22H2,2-3H3/b8-5-. The fraction of sp³-hybridized carbons (Fsp3) is 0.0926. The van der Waals surface area contributed by atoms with Crippen molar-refractivity contribution in [2.45, 2.75) is 31.1 Å². The first-order valence-electron chi connectivity index (χ1n) is 19.3. The van der Waals surface area contributed by atoms with E-state index in [1.165, 1.54) is 83.3 Å². The average molecular weight is 704 g/mol. The van der Waals surface area contributed by atoms with E-state index in [2.05, 4.69) is 196 Å². The maximum Gasteiger partial charge on any atom is 0.0713 e. The first kappa shape index (κ1) is 33.0. The third kappa shape index (κ3) is 4.96. The van der Waals surface area contributed by atoms with Gasteiger partial charge in [-0.05, 0) is 102 Å². The molecule has 0 fully saturated rings. The van der Waals surface area contributed by atoms with Crippen LogP contribution in [0, 0.1) is 0 Å². The Balaban J connectivity index is 1.12. The number of fused-ring (bicyclic) bond motifs is 7. The van der Waals surface area contributed by atoms with Crippen molar-refractivity contribution in [3.05, 3.63) is 234 Å². The van der Waals surface area contributed by atoms with Gasteiger partial charge in [-0.1, -0.05) is 184 Å². The molecule has 1 nitrogen and oxygen atoms in total. The first-order chi connectivity index (χ1) is 27.0. The van der Waals surface area contributed by atoms with Gasteiger partial charge in [-0.25, -0.2) is 0 Å². The van der Waals surface area contributed by atoms with Crippen molar-refractivity contribution in [2.24, 2.45) is 0 Å². The van der Waals surface area contributed by atoms with Gasteiger partial charge in [0.15, 0.2) is 0 Å². The summed E-state index contributed by atoms with van der Waals surface area (Å²) in [5.41, 5.74) is 19.7. The molecule has 1 heteroatoms. The topological polar surface area (TPSA) is 12.9 Å². The van der Waals surface area contributed by atoms with Crippen molar-refractivity contribution in [3.8, 4) is 44.5 Å². The van der Waals surface area contributed by atoms with E-state index in [0.29, 0.717) is 0 Å². The summed E-state index contributed by atoms with van der Waals surface area (Å²) >= 11 is 0. The Kier molecular flexibility index (Phi) is 7.68. The number of para-hydroxylation sites is 1. The molecule has 2 aliphatic rings. The van der Waals surface area contributed by atoms with Crippen LogP contribution < -0.4 is 0 Å². The van der Waals surface area contributed by atoms with Crippen molar-refractivity contribution in [1.82, 2.24) is 4.98 Å². The SMILES string of the molecule is C=C/C=C\Cc1cc(-c2ccc3c(c2)C(C)(C)c2cc(-c4cccc5c4-c4ccccc4C5(c4ccccc4)c4ccccc4)ccc2-3)c2ccccc2n1. The molecule has 0 bridgehead atoms. The van der Waals surface area contributed by atoms with Crippen LogP contribution in [0.1, 0.15) is 52.9 Å². The highest BCUT2D eigenvalue weighted by molar-refractivity contribution is 5.98. The Bertz CT molecular complexity index is 2780. The molecule has 10 rings (SSSR count). The Morgan fingerprint density at radius 2 is 1.09 bits per heavy atom. The normalized spacial score (nSPS) is 14.4. The molecule has 8 aromatic rings. The van der Waals surface area contributed by atoms with Crippen LogP contribution in [-0.4, -0.2) is 4.98 Å². The summed E-state index contributed by atoms with van der Waals surface area (Å²) in [5.74, 6) is 0. The Morgan fingerprint density at radius 3 is 1.78 bits per heavy atom. The van der Waals surface area contributed by atoms with Crippen LogP contribution in [0.4, 0.5) is 0 Å². The van der Waals surface area contributed by atoms with Gasteiger partial charge in [0.1, 0.15) is 0 Å². The molecule has 0 atom stereocenters. The van der Waals surface area contributed by atoms with Crippen molar-refractivity contribution in [1.29, 1.82) is 0 Å². The number of hydrogen-bond donors (Lipinski definition) is 0. The van der Waals surface area contributed by atoms with E-state index in [1.54, 1.807) is 0 Å². The van der Waals surface area contributed by atoms with Crippen LogP contribution in [0.3, 0.4) is 0 Å². The third-order valence-electron chi connectivity index (χ3n) is 12.1. The van der Waals surface area contributed by atoms with E-state index >= 15 is 0 Å². The summed E-state index contributed by atoms with van der Waals surface area (Å²) in [6.45, 7) is 8.62. The predicted molar refractivity (Wildman–Crippen MR) is 231 cm³/mol. The summed E-state index contributed by atoms with van der Waals surface area (Å²) < 4.78 is 0. The van der Waals surface area contributed by atoms with Crippen molar-refractivity contribution < 1.29 is 0 Å². The largest absolute Gasteiger partial charge is 0.252 e. The summed E-state index contributed by atoms with van der Waals surface area (Å²) in [6, 6.07) is 63.2. The molecular weight excluding hydrogens is 663 g/mol. The lowest BCUT2D eigenvalue weighted by atomic mass is 9.67. The Hall–Kier alpha value is -6.57. The Morgan fingerprint density at radius 1 is 0.509 bits per heavy atom. The zero-order chi connectivity index (χ0) is 37.1. The molecule has 0 saturated carbocycles. The summed E-state index contributed by atoms with van der Waals surface area (Å²) in [5, 5.41) is 1.18.